The average molecular weight is 582 g/mol. The predicted octanol–water partition coefficient (Wildman–Crippen LogP) is 4.76. The number of carbonyl (C=O) groups is 2. The quantitative estimate of drug-likeness (QED) is 0.352. The zero-order valence-corrected chi connectivity index (χ0v) is 24.5. The highest BCUT2D eigenvalue weighted by atomic mass is 32.2. The standard InChI is InChI=1S/C31H39N3O6S/c1-3-40-31(36)29-6-4-5-17-34(29)30(35)23-11-14-25(15-12-23)33-41(37,38)26-16-13-24-18-27(32-28(24)19-26)22-9-7-21(8-10-22)20-39-2/h7-10,13,16,18-19,23,25,29,32-33H,3-6,11-12,14-15,17,20H2,1-2H3/t23-,25-,29?. The SMILES string of the molecule is CCOC(=O)C1CCCCN1C(=O)[C@H]1CC[C@H](NS(=O)(=O)c2ccc3cc(-c4ccc(COC)cc4)[nH]c3c2)CC1. The summed E-state index contributed by atoms with van der Waals surface area (Å²) in [5, 5.41) is 0.928. The molecule has 2 N–H and O–H groups in total. The third kappa shape index (κ3) is 6.66. The Bertz CT molecular complexity index is 1480. The van der Waals surface area contributed by atoms with Gasteiger partial charge in [0.05, 0.1) is 18.1 Å². The Labute approximate surface area is 241 Å². The second-order valence-electron chi connectivity index (χ2n) is 11.0. The summed E-state index contributed by atoms with van der Waals surface area (Å²) in [6.45, 7) is 3.18. The van der Waals surface area contributed by atoms with Crippen molar-refractivity contribution in [2.75, 3.05) is 20.3 Å². The van der Waals surface area contributed by atoms with Crippen molar-refractivity contribution in [2.24, 2.45) is 5.92 Å². The van der Waals surface area contributed by atoms with E-state index in [0.717, 1.165) is 40.6 Å². The molecule has 9 nitrogen and oxygen atoms in total. The molecule has 1 aromatic heterocycles. The topological polar surface area (TPSA) is 118 Å². The minimum Gasteiger partial charge on any atom is -0.464 e. The molecule has 1 atom stereocenters. The Morgan fingerprint density at radius 1 is 1.00 bits per heavy atom. The molecule has 0 bridgehead atoms. The number of aromatic amines is 1. The minimum atomic E-state index is -3.74. The highest BCUT2D eigenvalue weighted by molar-refractivity contribution is 7.89. The van der Waals surface area contributed by atoms with E-state index < -0.39 is 16.1 Å². The summed E-state index contributed by atoms with van der Waals surface area (Å²) in [4.78, 5) is 31.0. The first-order valence-corrected chi connectivity index (χ1v) is 16.0. The van der Waals surface area contributed by atoms with Crippen molar-refractivity contribution in [1.82, 2.24) is 14.6 Å². The lowest BCUT2D eigenvalue weighted by atomic mass is 9.84. The average Bonchev–Trinajstić information content (AvgIpc) is 3.41. The molecule has 41 heavy (non-hydrogen) atoms. The van der Waals surface area contributed by atoms with Gasteiger partial charge < -0.3 is 19.4 Å². The molecule has 5 rings (SSSR count). The Hall–Kier alpha value is -3.21. The molecule has 2 aromatic carbocycles. The van der Waals surface area contributed by atoms with E-state index in [4.69, 9.17) is 9.47 Å². The van der Waals surface area contributed by atoms with Crippen molar-refractivity contribution < 1.29 is 27.5 Å². The van der Waals surface area contributed by atoms with Crippen LogP contribution in [-0.2, 0) is 35.7 Å². The number of benzene rings is 2. The first kappa shape index (κ1) is 29.3. The summed E-state index contributed by atoms with van der Waals surface area (Å²) >= 11 is 0. The Morgan fingerprint density at radius 3 is 2.46 bits per heavy atom. The fourth-order valence-electron chi connectivity index (χ4n) is 6.04. The highest BCUT2D eigenvalue weighted by Crippen LogP contribution is 2.31. The third-order valence-corrected chi connectivity index (χ3v) is 9.74. The van der Waals surface area contributed by atoms with Crippen LogP contribution < -0.4 is 4.72 Å². The van der Waals surface area contributed by atoms with Crippen LogP contribution in [0, 0.1) is 5.92 Å². The predicted molar refractivity (Wildman–Crippen MR) is 157 cm³/mol. The maximum absolute atomic E-state index is 13.3. The Morgan fingerprint density at radius 2 is 1.76 bits per heavy atom. The number of hydrogen-bond donors (Lipinski definition) is 2. The maximum atomic E-state index is 13.3. The first-order valence-electron chi connectivity index (χ1n) is 14.5. The van der Waals surface area contributed by atoms with E-state index in [1.165, 1.54) is 0 Å². The monoisotopic (exact) mass is 581 g/mol. The molecule has 3 aromatic rings. The lowest BCUT2D eigenvalue weighted by molar-refractivity contribution is -0.158. The van der Waals surface area contributed by atoms with Crippen molar-refractivity contribution in [2.45, 2.75) is 75.5 Å². The molecule has 1 aliphatic carbocycles. The van der Waals surface area contributed by atoms with Crippen molar-refractivity contribution in [3.8, 4) is 11.3 Å². The van der Waals surface area contributed by atoms with Crippen LogP contribution in [0.2, 0.25) is 0 Å². The fourth-order valence-corrected chi connectivity index (χ4v) is 7.37. The second-order valence-corrected chi connectivity index (χ2v) is 12.7. The smallest absolute Gasteiger partial charge is 0.328 e. The summed E-state index contributed by atoms with van der Waals surface area (Å²) in [7, 11) is -2.08. The van der Waals surface area contributed by atoms with Gasteiger partial charge in [-0.05, 0) is 81.2 Å². The van der Waals surface area contributed by atoms with E-state index in [0.29, 0.717) is 51.9 Å². The summed E-state index contributed by atoms with van der Waals surface area (Å²) in [6, 6.07) is 14.4. The Balaban J connectivity index is 1.21. The number of aromatic nitrogens is 1. The first-order chi connectivity index (χ1) is 19.8. The molecule has 1 saturated carbocycles. The van der Waals surface area contributed by atoms with E-state index in [1.54, 1.807) is 31.1 Å². The van der Waals surface area contributed by atoms with Crippen molar-refractivity contribution >= 4 is 32.8 Å². The molecule has 2 fully saturated rings. The largest absolute Gasteiger partial charge is 0.464 e. The number of likely N-dealkylation sites (tertiary alicyclic amines) is 1. The number of amides is 1. The number of hydrogen-bond acceptors (Lipinski definition) is 6. The molecular formula is C31H39N3O6S. The number of esters is 1. The van der Waals surface area contributed by atoms with Gasteiger partial charge in [0.1, 0.15) is 6.04 Å². The zero-order chi connectivity index (χ0) is 29.0. The molecule has 0 radical (unpaired) electrons. The lowest BCUT2D eigenvalue weighted by Crippen LogP contribution is -2.51. The number of rotatable bonds is 9. The number of ether oxygens (including phenoxy) is 2. The number of piperidine rings is 1. The maximum Gasteiger partial charge on any atom is 0.328 e. The van der Waals surface area contributed by atoms with Crippen LogP contribution in [0.25, 0.3) is 22.2 Å². The molecule has 2 aliphatic rings. The van der Waals surface area contributed by atoms with Gasteiger partial charge >= 0.3 is 5.97 Å². The molecule has 1 amide bonds. The normalized spacial score (nSPS) is 21.6. The molecular weight excluding hydrogens is 542 g/mol. The number of fused-ring (bicyclic) bond motifs is 1. The van der Waals surface area contributed by atoms with Crippen LogP contribution in [0.5, 0.6) is 0 Å². The summed E-state index contributed by atoms with van der Waals surface area (Å²) < 4.78 is 39.8. The molecule has 1 saturated heterocycles. The number of sulfonamides is 1. The molecule has 0 spiro atoms. The van der Waals surface area contributed by atoms with Gasteiger partial charge in [0.25, 0.3) is 0 Å². The second kappa shape index (κ2) is 12.8. The van der Waals surface area contributed by atoms with Gasteiger partial charge in [-0.15, -0.1) is 0 Å². The van der Waals surface area contributed by atoms with Gasteiger partial charge in [-0.3, -0.25) is 4.79 Å². The van der Waals surface area contributed by atoms with Crippen molar-refractivity contribution in [1.29, 1.82) is 0 Å². The van der Waals surface area contributed by atoms with Gasteiger partial charge in [-0.25, -0.2) is 17.9 Å². The number of carbonyl (C=O) groups excluding carboxylic acids is 2. The molecule has 1 unspecified atom stereocenters. The van der Waals surface area contributed by atoms with E-state index in [9.17, 15) is 18.0 Å². The minimum absolute atomic E-state index is 0.00889. The summed E-state index contributed by atoms with van der Waals surface area (Å²) in [5.74, 6) is -0.540. The van der Waals surface area contributed by atoms with E-state index in [2.05, 4.69) is 9.71 Å². The highest BCUT2D eigenvalue weighted by Gasteiger charge is 2.38. The molecule has 1 aliphatic heterocycles. The van der Waals surface area contributed by atoms with Crippen LogP contribution in [0.4, 0.5) is 0 Å². The lowest BCUT2D eigenvalue weighted by Gasteiger charge is -2.38. The summed E-state index contributed by atoms with van der Waals surface area (Å²) in [6.07, 6.45) is 4.72. The fraction of sp³-hybridized carbons (Fsp3) is 0.484. The molecule has 220 valence electrons. The summed E-state index contributed by atoms with van der Waals surface area (Å²) in [5.41, 5.74) is 3.75. The number of nitrogens with one attached hydrogen (secondary N) is 2. The van der Waals surface area contributed by atoms with Gasteiger partial charge in [0.2, 0.25) is 15.9 Å². The van der Waals surface area contributed by atoms with Crippen LogP contribution in [-0.4, -0.2) is 62.5 Å². The Kier molecular flexibility index (Phi) is 9.11. The zero-order valence-electron chi connectivity index (χ0n) is 23.7. The number of H-pyrrole nitrogens is 1. The number of nitrogens with zero attached hydrogens (tertiary/aromatic N) is 1. The van der Waals surface area contributed by atoms with E-state index in [-0.39, 0.29) is 28.7 Å². The van der Waals surface area contributed by atoms with Gasteiger partial charge in [0, 0.05) is 42.2 Å². The molecule has 2 heterocycles. The van der Waals surface area contributed by atoms with Crippen LogP contribution in [0.15, 0.2) is 53.4 Å². The van der Waals surface area contributed by atoms with Crippen LogP contribution in [0.3, 0.4) is 0 Å². The van der Waals surface area contributed by atoms with Crippen molar-refractivity contribution in [3.05, 3.63) is 54.1 Å². The van der Waals surface area contributed by atoms with Gasteiger partial charge in [-0.2, -0.15) is 0 Å². The van der Waals surface area contributed by atoms with E-state index in [1.807, 2.05) is 36.4 Å². The van der Waals surface area contributed by atoms with Crippen molar-refractivity contribution in [3.63, 3.8) is 0 Å². The molecule has 10 heteroatoms. The van der Waals surface area contributed by atoms with Crippen LogP contribution in [0.1, 0.15) is 57.4 Å². The van der Waals surface area contributed by atoms with Crippen LogP contribution >= 0.6 is 0 Å². The van der Waals surface area contributed by atoms with Gasteiger partial charge in [0.15, 0.2) is 0 Å². The third-order valence-electron chi connectivity index (χ3n) is 8.22. The van der Waals surface area contributed by atoms with E-state index >= 15 is 0 Å². The number of methoxy groups -OCH3 is 1. The van der Waals surface area contributed by atoms with Gasteiger partial charge in [-0.1, -0.05) is 30.3 Å².